The lowest BCUT2D eigenvalue weighted by molar-refractivity contribution is -0.144. The second-order valence-corrected chi connectivity index (χ2v) is 20.1. The van der Waals surface area contributed by atoms with Crippen molar-refractivity contribution in [3.05, 3.63) is 108 Å². The van der Waals surface area contributed by atoms with Crippen molar-refractivity contribution < 1.29 is 53.6 Å². The van der Waals surface area contributed by atoms with Crippen LogP contribution in [0.25, 0.3) is 22.3 Å². The Kier molecular flexibility index (Phi) is 21.4. The number of amides is 7. The van der Waals surface area contributed by atoms with E-state index in [9.17, 15) is 48.9 Å². The molecular formula is C58H75N7O11. The molecule has 2 aliphatic rings. The smallest absolute Gasteiger partial charge is 0.251 e. The van der Waals surface area contributed by atoms with E-state index in [4.69, 9.17) is 4.74 Å². The highest BCUT2D eigenvalue weighted by atomic mass is 16.5. The molecule has 7 amide bonds. The Morgan fingerprint density at radius 3 is 1.91 bits per heavy atom. The van der Waals surface area contributed by atoms with Crippen LogP contribution in [0.3, 0.4) is 0 Å². The van der Waals surface area contributed by atoms with Gasteiger partial charge in [0.2, 0.25) is 35.4 Å². The van der Waals surface area contributed by atoms with E-state index >= 15 is 0 Å². The van der Waals surface area contributed by atoms with Gasteiger partial charge in [0, 0.05) is 25.2 Å². The van der Waals surface area contributed by atoms with Gasteiger partial charge in [-0.3, -0.25) is 33.6 Å². The molecule has 2 saturated heterocycles. The average molecular weight is 1050 g/mol. The second kappa shape index (κ2) is 28.0. The third-order valence-corrected chi connectivity index (χ3v) is 13.9. The highest BCUT2D eigenvalue weighted by Crippen LogP contribution is 2.28. The van der Waals surface area contributed by atoms with Crippen LogP contribution in [0.4, 0.5) is 0 Å². The number of nitrogens with one attached hydrogen (secondary N) is 5. The molecule has 0 aromatic heterocycles. The topological polar surface area (TPSA) is 256 Å². The van der Waals surface area contributed by atoms with Crippen molar-refractivity contribution >= 4 is 41.4 Å². The molecule has 0 aliphatic carbocycles. The van der Waals surface area contributed by atoms with Crippen LogP contribution < -0.4 is 31.3 Å². The number of aryl methyl sites for hydroxylation is 1. The van der Waals surface area contributed by atoms with E-state index in [1.807, 2.05) is 67.6 Å². The molecule has 4 aromatic rings. The summed E-state index contributed by atoms with van der Waals surface area (Å²) in [6, 6.07) is 23.8. The SMILES string of the molecule is CCCCCOc1ccc(-c2ccc(-c3ccc(C(=O)NCC(=O)NC(CC)C(=O)N4CCCC4C(=O)NC(CCc4ccc(O)cc4)C(=O)NC(C(=O)N4C[C@H](C)CC4C(=O)NC[C@@H](C)O)[C@@H](C)O)cc3)cc2)cc1. The number of unbranched alkanes of at least 4 members (excludes halogenated alkanes) is 2. The first kappa shape index (κ1) is 58.0. The summed E-state index contributed by atoms with van der Waals surface area (Å²) in [7, 11) is 0. The lowest BCUT2D eigenvalue weighted by Gasteiger charge is -2.32. The van der Waals surface area contributed by atoms with Crippen molar-refractivity contribution in [1.82, 2.24) is 36.4 Å². The molecule has 8 N–H and O–H groups in total. The molecule has 0 radical (unpaired) electrons. The molecule has 2 aliphatic heterocycles. The standard InChI is InChI=1S/C58H75N7O11/c1-6-8-9-31-76-46-27-23-43(24-28-46)41-17-15-40(16-18-41)42-19-21-44(22-20-42)53(70)60-34-51(69)61-47(7-2)57(74)64-30-10-11-49(64)56(73)62-48(29-14-39-12-25-45(68)26-13-39)54(71)63-52(38(5)67)58(75)65-35-36(3)32-50(65)55(72)59-33-37(4)66/h12-13,15-28,36-38,47-50,52,66-68H,6-11,14,29-35H2,1-5H3,(H,59,72)(H,60,70)(H,61,69)(H,62,73)(H,63,71)/t36-,37-,38-,47?,48?,49?,50?,52?/m1/s1. The van der Waals surface area contributed by atoms with Gasteiger partial charge in [-0.2, -0.15) is 0 Å². The van der Waals surface area contributed by atoms with E-state index in [1.165, 1.54) is 35.8 Å². The monoisotopic (exact) mass is 1050 g/mol. The lowest BCUT2D eigenvalue weighted by Crippen LogP contribution is -2.61. The second-order valence-electron chi connectivity index (χ2n) is 20.1. The predicted octanol–water partition coefficient (Wildman–Crippen LogP) is 4.63. The maximum absolute atomic E-state index is 14.2. The third-order valence-electron chi connectivity index (χ3n) is 13.9. The zero-order valence-corrected chi connectivity index (χ0v) is 44.3. The number of aromatic hydroxyl groups is 1. The molecule has 6 rings (SSSR count). The Hall–Kier alpha value is -7.31. The van der Waals surface area contributed by atoms with Gasteiger partial charge in [0.25, 0.3) is 5.91 Å². The number of nitrogens with zero attached hydrogens (tertiary/aromatic N) is 2. The van der Waals surface area contributed by atoms with Crippen molar-refractivity contribution in [2.24, 2.45) is 5.92 Å². The summed E-state index contributed by atoms with van der Waals surface area (Å²) in [6.07, 6.45) is 2.61. The molecule has 408 valence electrons. The van der Waals surface area contributed by atoms with E-state index < -0.39 is 90.3 Å². The molecule has 4 aromatic carbocycles. The molecule has 0 saturated carbocycles. The van der Waals surface area contributed by atoms with Crippen molar-refractivity contribution in [3.8, 4) is 33.8 Å². The van der Waals surface area contributed by atoms with Gasteiger partial charge in [0.05, 0.1) is 25.4 Å². The predicted molar refractivity (Wildman–Crippen MR) is 288 cm³/mol. The number of benzene rings is 4. The molecule has 0 bridgehead atoms. The maximum Gasteiger partial charge on any atom is 0.251 e. The first-order valence-electron chi connectivity index (χ1n) is 26.6. The number of ether oxygens (including phenoxy) is 1. The first-order chi connectivity index (χ1) is 36.5. The minimum Gasteiger partial charge on any atom is -0.508 e. The van der Waals surface area contributed by atoms with Crippen LogP contribution >= 0.6 is 0 Å². The normalized spacial score (nSPS) is 18.1. The van der Waals surface area contributed by atoms with Gasteiger partial charge in [-0.1, -0.05) is 94.3 Å². The number of carbonyl (C=O) groups is 7. The Bertz CT molecular complexity index is 2590. The summed E-state index contributed by atoms with van der Waals surface area (Å²) in [5.41, 5.74) is 5.06. The number of aliphatic hydroxyl groups is 2. The zero-order valence-electron chi connectivity index (χ0n) is 44.3. The van der Waals surface area contributed by atoms with E-state index in [0.717, 1.165) is 52.8 Å². The van der Waals surface area contributed by atoms with Gasteiger partial charge >= 0.3 is 0 Å². The van der Waals surface area contributed by atoms with Crippen LogP contribution in [-0.2, 0) is 35.2 Å². The summed E-state index contributed by atoms with van der Waals surface area (Å²) in [5.74, 6) is -3.38. The zero-order chi connectivity index (χ0) is 54.9. The largest absolute Gasteiger partial charge is 0.508 e. The minimum absolute atomic E-state index is 0.0235. The molecular weight excluding hydrogens is 971 g/mol. The van der Waals surface area contributed by atoms with Crippen molar-refractivity contribution in [2.75, 3.05) is 32.8 Å². The van der Waals surface area contributed by atoms with E-state index in [0.29, 0.717) is 25.0 Å². The van der Waals surface area contributed by atoms with Gasteiger partial charge in [-0.15, -0.1) is 0 Å². The molecule has 18 nitrogen and oxygen atoms in total. The van der Waals surface area contributed by atoms with Gasteiger partial charge in [-0.25, -0.2) is 0 Å². The van der Waals surface area contributed by atoms with Gasteiger partial charge in [0.15, 0.2) is 0 Å². The van der Waals surface area contributed by atoms with Crippen LogP contribution in [0.15, 0.2) is 97.1 Å². The quantitative estimate of drug-likeness (QED) is 0.0425. The molecule has 76 heavy (non-hydrogen) atoms. The molecule has 2 fully saturated rings. The fourth-order valence-corrected chi connectivity index (χ4v) is 9.54. The van der Waals surface area contributed by atoms with Gasteiger partial charge in [0.1, 0.15) is 41.7 Å². The fraction of sp³-hybridized carbons (Fsp3) is 0.466. The van der Waals surface area contributed by atoms with Crippen LogP contribution in [0.2, 0.25) is 0 Å². The number of hydrogen-bond acceptors (Lipinski definition) is 11. The summed E-state index contributed by atoms with van der Waals surface area (Å²) < 4.78 is 5.85. The van der Waals surface area contributed by atoms with Gasteiger partial charge in [-0.05, 0) is 129 Å². The van der Waals surface area contributed by atoms with E-state index in [1.54, 1.807) is 31.2 Å². The highest BCUT2D eigenvalue weighted by Gasteiger charge is 2.43. The summed E-state index contributed by atoms with van der Waals surface area (Å²) in [5, 5.41) is 43.8. The van der Waals surface area contributed by atoms with Crippen molar-refractivity contribution in [3.63, 3.8) is 0 Å². The number of rotatable bonds is 25. The number of phenols is 1. The summed E-state index contributed by atoms with van der Waals surface area (Å²) >= 11 is 0. The van der Waals surface area contributed by atoms with Crippen LogP contribution in [0.1, 0.15) is 102 Å². The summed E-state index contributed by atoms with van der Waals surface area (Å²) in [6.45, 7) is 9.24. The highest BCUT2D eigenvalue weighted by molar-refractivity contribution is 5.99. The van der Waals surface area contributed by atoms with Crippen molar-refractivity contribution in [2.45, 2.75) is 135 Å². The third kappa shape index (κ3) is 16.1. The Labute approximate surface area is 445 Å². The number of hydrogen-bond donors (Lipinski definition) is 8. The van der Waals surface area contributed by atoms with Gasteiger partial charge < -0.3 is 56.4 Å². The summed E-state index contributed by atoms with van der Waals surface area (Å²) in [4.78, 5) is 98.7. The van der Waals surface area contributed by atoms with E-state index in [-0.39, 0.29) is 57.0 Å². The van der Waals surface area contributed by atoms with Crippen LogP contribution in [0, 0.1) is 5.92 Å². The molecule has 5 unspecified atom stereocenters. The average Bonchev–Trinajstić information content (AvgIpc) is 4.08. The Balaban J connectivity index is 1.04. The minimum atomic E-state index is -1.49. The van der Waals surface area contributed by atoms with Crippen molar-refractivity contribution in [1.29, 1.82) is 0 Å². The van der Waals surface area contributed by atoms with E-state index in [2.05, 4.69) is 33.5 Å². The number of aliphatic hydroxyl groups excluding tert-OH is 2. The lowest BCUT2D eigenvalue weighted by atomic mass is 9.99. The molecule has 18 heteroatoms. The first-order valence-corrected chi connectivity index (χ1v) is 26.6. The number of likely N-dealkylation sites (tertiary alicyclic amines) is 2. The fourth-order valence-electron chi connectivity index (χ4n) is 9.54. The van der Waals surface area contributed by atoms with Crippen LogP contribution in [0.5, 0.6) is 11.5 Å². The molecule has 0 spiro atoms. The number of phenolic OH excluding ortho intramolecular Hbond substituents is 1. The Morgan fingerprint density at radius 2 is 1.32 bits per heavy atom. The molecule has 2 heterocycles. The van der Waals surface area contributed by atoms with Crippen LogP contribution in [-0.4, -0.2) is 142 Å². The Morgan fingerprint density at radius 1 is 0.697 bits per heavy atom. The number of carbonyl (C=O) groups excluding carboxylic acids is 7. The maximum atomic E-state index is 14.2. The molecule has 8 atom stereocenters.